The summed E-state index contributed by atoms with van der Waals surface area (Å²) < 4.78 is 0. The maximum absolute atomic E-state index is 11.4. The molecule has 3 amide bonds. The van der Waals surface area contributed by atoms with Crippen molar-refractivity contribution in [3.63, 3.8) is 0 Å². The summed E-state index contributed by atoms with van der Waals surface area (Å²) in [6.07, 6.45) is 1.00. The first-order chi connectivity index (χ1) is 7.99. The van der Waals surface area contributed by atoms with Gasteiger partial charge in [0.05, 0.1) is 5.92 Å². The third kappa shape index (κ3) is 4.71. The van der Waals surface area contributed by atoms with Crippen molar-refractivity contribution >= 4 is 17.9 Å². The Morgan fingerprint density at radius 3 is 2.82 bits per heavy atom. The first-order valence-corrected chi connectivity index (χ1v) is 5.53. The van der Waals surface area contributed by atoms with Gasteiger partial charge in [-0.15, -0.1) is 0 Å². The topological polar surface area (TPSA) is 108 Å². The fourth-order valence-electron chi connectivity index (χ4n) is 1.43. The fourth-order valence-corrected chi connectivity index (χ4v) is 1.43. The van der Waals surface area contributed by atoms with Gasteiger partial charge in [0.15, 0.2) is 0 Å². The zero-order valence-corrected chi connectivity index (χ0v) is 9.66. The summed E-state index contributed by atoms with van der Waals surface area (Å²) in [5, 5.41) is 16.4. The number of hydrogen-bond acceptors (Lipinski definition) is 3. The van der Waals surface area contributed by atoms with Crippen LogP contribution in [0.1, 0.15) is 19.8 Å². The number of amides is 3. The highest BCUT2D eigenvalue weighted by atomic mass is 16.4. The second-order valence-electron chi connectivity index (χ2n) is 4.13. The maximum Gasteiger partial charge on any atom is 0.315 e. The van der Waals surface area contributed by atoms with E-state index in [0.717, 1.165) is 0 Å². The minimum atomic E-state index is -0.949. The minimum Gasteiger partial charge on any atom is -0.481 e. The lowest BCUT2D eigenvalue weighted by atomic mass is 10.1. The van der Waals surface area contributed by atoms with Gasteiger partial charge in [-0.3, -0.25) is 9.59 Å². The van der Waals surface area contributed by atoms with Crippen LogP contribution in [0, 0.1) is 5.92 Å². The van der Waals surface area contributed by atoms with Gasteiger partial charge >= 0.3 is 12.0 Å². The normalized spacial score (nSPS) is 21.2. The van der Waals surface area contributed by atoms with E-state index in [2.05, 4.69) is 16.0 Å². The lowest BCUT2D eigenvalue weighted by molar-refractivity contribution is -0.140. The number of carboxylic acid groups (broad SMARTS) is 1. The third-order valence-corrected chi connectivity index (χ3v) is 2.59. The first kappa shape index (κ1) is 13.3. The Bertz CT molecular complexity index is 309. The second-order valence-corrected chi connectivity index (χ2v) is 4.13. The second kappa shape index (κ2) is 6.07. The molecule has 1 heterocycles. The van der Waals surface area contributed by atoms with E-state index in [1.54, 1.807) is 0 Å². The van der Waals surface area contributed by atoms with Gasteiger partial charge < -0.3 is 21.1 Å². The largest absolute Gasteiger partial charge is 0.481 e. The molecule has 1 rings (SSSR count). The Kier molecular flexibility index (Phi) is 4.74. The molecule has 0 spiro atoms. The zero-order chi connectivity index (χ0) is 12.8. The summed E-state index contributed by atoms with van der Waals surface area (Å²) in [4.78, 5) is 32.8. The van der Waals surface area contributed by atoms with Crippen molar-refractivity contribution in [1.29, 1.82) is 0 Å². The number of aliphatic carboxylic acids is 1. The Morgan fingerprint density at radius 2 is 2.29 bits per heavy atom. The smallest absolute Gasteiger partial charge is 0.315 e. The molecule has 7 nitrogen and oxygen atoms in total. The number of carbonyl (C=O) groups is 3. The molecule has 17 heavy (non-hydrogen) atoms. The van der Waals surface area contributed by atoms with Crippen LogP contribution in [0.25, 0.3) is 0 Å². The number of nitrogens with one attached hydrogen (secondary N) is 3. The average molecular weight is 243 g/mol. The molecule has 0 aromatic rings. The zero-order valence-electron chi connectivity index (χ0n) is 9.66. The Balaban J connectivity index is 2.21. The molecule has 0 saturated carbocycles. The van der Waals surface area contributed by atoms with Crippen molar-refractivity contribution in [1.82, 2.24) is 16.0 Å². The molecule has 0 bridgehead atoms. The average Bonchev–Trinajstić information content (AvgIpc) is 2.29. The van der Waals surface area contributed by atoms with E-state index < -0.39 is 17.9 Å². The molecule has 1 fully saturated rings. The monoisotopic (exact) mass is 243 g/mol. The van der Waals surface area contributed by atoms with Crippen LogP contribution in [0.5, 0.6) is 0 Å². The maximum atomic E-state index is 11.4. The highest BCUT2D eigenvalue weighted by Crippen LogP contribution is 2.02. The van der Waals surface area contributed by atoms with E-state index in [4.69, 9.17) is 5.11 Å². The van der Waals surface area contributed by atoms with Gasteiger partial charge in [-0.1, -0.05) is 6.92 Å². The van der Waals surface area contributed by atoms with E-state index in [0.29, 0.717) is 19.4 Å². The molecule has 2 unspecified atom stereocenters. The number of carbonyl (C=O) groups excluding carboxylic acids is 2. The summed E-state index contributed by atoms with van der Waals surface area (Å²) in [5.74, 6) is -1.58. The van der Waals surface area contributed by atoms with Crippen LogP contribution < -0.4 is 16.0 Å². The Hall–Kier alpha value is -1.79. The van der Waals surface area contributed by atoms with Crippen LogP contribution in [0.3, 0.4) is 0 Å². The molecule has 96 valence electrons. The minimum absolute atomic E-state index is 0.0112. The van der Waals surface area contributed by atoms with Crippen molar-refractivity contribution in [3.05, 3.63) is 0 Å². The molecule has 1 aliphatic heterocycles. The van der Waals surface area contributed by atoms with E-state index in [1.165, 1.54) is 6.92 Å². The summed E-state index contributed by atoms with van der Waals surface area (Å²) in [5.41, 5.74) is 0. The van der Waals surface area contributed by atoms with Gasteiger partial charge in [0.2, 0.25) is 5.91 Å². The van der Waals surface area contributed by atoms with Crippen LogP contribution in [0.2, 0.25) is 0 Å². The summed E-state index contributed by atoms with van der Waals surface area (Å²) in [6.45, 7) is 2.02. The van der Waals surface area contributed by atoms with Crippen molar-refractivity contribution in [3.8, 4) is 0 Å². The SMILES string of the molecule is CC(CNC(=O)NC1CCC(=O)NC1)C(=O)O. The van der Waals surface area contributed by atoms with E-state index in [1.807, 2.05) is 0 Å². The molecule has 1 saturated heterocycles. The molecule has 4 N–H and O–H groups in total. The van der Waals surface area contributed by atoms with Gasteiger partial charge in [0, 0.05) is 25.6 Å². The Morgan fingerprint density at radius 1 is 1.59 bits per heavy atom. The van der Waals surface area contributed by atoms with Crippen LogP contribution in [-0.2, 0) is 9.59 Å². The molecule has 7 heteroatoms. The van der Waals surface area contributed by atoms with Crippen molar-refractivity contribution < 1.29 is 19.5 Å². The molecule has 0 aliphatic carbocycles. The number of urea groups is 1. The van der Waals surface area contributed by atoms with Crippen molar-refractivity contribution in [2.24, 2.45) is 5.92 Å². The summed E-state index contributed by atoms with van der Waals surface area (Å²) in [6, 6.07) is -0.493. The number of rotatable bonds is 4. The highest BCUT2D eigenvalue weighted by Gasteiger charge is 2.20. The molecule has 0 aromatic heterocycles. The van der Waals surface area contributed by atoms with E-state index >= 15 is 0 Å². The quantitative estimate of drug-likeness (QED) is 0.523. The lowest BCUT2D eigenvalue weighted by Gasteiger charge is -2.23. The van der Waals surface area contributed by atoms with Gasteiger partial charge in [0.1, 0.15) is 0 Å². The van der Waals surface area contributed by atoms with Crippen LogP contribution in [-0.4, -0.2) is 42.1 Å². The van der Waals surface area contributed by atoms with Gasteiger partial charge in [-0.2, -0.15) is 0 Å². The van der Waals surface area contributed by atoms with Crippen molar-refractivity contribution in [2.75, 3.05) is 13.1 Å². The molecule has 0 aromatic carbocycles. The van der Waals surface area contributed by atoms with Gasteiger partial charge in [-0.05, 0) is 6.42 Å². The highest BCUT2D eigenvalue weighted by molar-refractivity contribution is 5.78. The van der Waals surface area contributed by atoms with Gasteiger partial charge in [-0.25, -0.2) is 4.79 Å². The third-order valence-electron chi connectivity index (χ3n) is 2.59. The molecular weight excluding hydrogens is 226 g/mol. The summed E-state index contributed by atoms with van der Waals surface area (Å²) in [7, 11) is 0. The van der Waals surface area contributed by atoms with E-state index in [-0.39, 0.29) is 18.5 Å². The molecule has 2 atom stereocenters. The summed E-state index contributed by atoms with van der Waals surface area (Å²) >= 11 is 0. The number of piperidine rings is 1. The molecular formula is C10H17N3O4. The van der Waals surface area contributed by atoms with Gasteiger partial charge in [0.25, 0.3) is 0 Å². The predicted molar refractivity (Wildman–Crippen MR) is 59.4 cm³/mol. The van der Waals surface area contributed by atoms with E-state index in [9.17, 15) is 14.4 Å². The Labute approximate surface area is 98.9 Å². The number of carboxylic acids is 1. The predicted octanol–water partition coefficient (Wildman–Crippen LogP) is -0.715. The molecule has 1 aliphatic rings. The van der Waals surface area contributed by atoms with Crippen molar-refractivity contribution in [2.45, 2.75) is 25.8 Å². The van der Waals surface area contributed by atoms with Crippen LogP contribution in [0.15, 0.2) is 0 Å². The fraction of sp³-hybridized carbons (Fsp3) is 0.700. The lowest BCUT2D eigenvalue weighted by Crippen LogP contribution is -2.51. The van der Waals surface area contributed by atoms with Crippen LogP contribution in [0.4, 0.5) is 4.79 Å². The number of hydrogen-bond donors (Lipinski definition) is 4. The standard InChI is InChI=1S/C10H17N3O4/c1-6(9(15)16)4-12-10(17)13-7-2-3-8(14)11-5-7/h6-7H,2-5H2,1H3,(H,11,14)(H,15,16)(H2,12,13,17). The first-order valence-electron chi connectivity index (χ1n) is 5.53. The molecule has 0 radical (unpaired) electrons. The van der Waals surface area contributed by atoms with Crippen LogP contribution >= 0.6 is 0 Å².